The van der Waals surface area contributed by atoms with E-state index < -0.39 is 6.47 Å². The minimum absolute atomic E-state index is 0. The summed E-state index contributed by atoms with van der Waals surface area (Å²) in [7, 11) is 0. The molecule has 2 nitrogen and oxygen atoms in total. The van der Waals surface area contributed by atoms with E-state index in [9.17, 15) is 0 Å². The standard InChI is InChI=1S/CH2O2.Ni/c2-1-3;/h1H,(H,2,3);/q;+2/p-1. The zero-order valence-electron chi connectivity index (χ0n) is 1.71. The maximum atomic E-state index is 8.25. The molecule has 0 rings (SSSR count). The number of carbonyl (C=O) groups is 1. The summed E-state index contributed by atoms with van der Waals surface area (Å²) in [5.74, 6) is 0. The van der Waals surface area contributed by atoms with Gasteiger partial charge in [-0.1, -0.05) is 0 Å². The van der Waals surface area contributed by atoms with Crippen molar-refractivity contribution in [1.29, 1.82) is 0 Å². The van der Waals surface area contributed by atoms with E-state index in [0.29, 0.717) is 0 Å². The van der Waals surface area contributed by atoms with Crippen LogP contribution < -0.4 is 5.11 Å². The summed E-state index contributed by atoms with van der Waals surface area (Å²) in [5.41, 5.74) is 0. The van der Waals surface area contributed by atoms with Gasteiger partial charge in [-0.05, 0) is 0 Å². The van der Waals surface area contributed by atoms with Crippen molar-refractivity contribution in [2.45, 2.75) is 0 Å². The summed E-state index contributed by atoms with van der Waals surface area (Å²) in [6, 6.07) is 0. The summed E-state index contributed by atoms with van der Waals surface area (Å²) >= 11 is 0. The van der Waals surface area contributed by atoms with Crippen LogP contribution in [0.25, 0.3) is 0 Å². The summed E-state index contributed by atoms with van der Waals surface area (Å²) in [6.07, 6.45) is 0. The van der Waals surface area contributed by atoms with Crippen molar-refractivity contribution in [3.05, 3.63) is 0 Å². The molecule has 3 heteroatoms. The molecule has 0 amide bonds. The molecular weight excluding hydrogens is 103 g/mol. The van der Waals surface area contributed by atoms with Gasteiger partial charge in [0.05, 0.1) is 0 Å². The molecule has 26 valence electrons. The molecule has 0 saturated heterocycles. The van der Waals surface area contributed by atoms with Crippen LogP contribution in [0.15, 0.2) is 0 Å². The molecule has 0 aromatic rings. The molecule has 0 aromatic carbocycles. The third-order valence-electron chi connectivity index (χ3n) is 0. The Balaban J connectivity index is 0. The molecule has 0 atom stereocenters. The van der Waals surface area contributed by atoms with Crippen LogP contribution in [0, 0.1) is 0 Å². The molecule has 0 bridgehead atoms. The topological polar surface area (TPSA) is 40.1 Å². The molecule has 0 fully saturated rings. The van der Waals surface area contributed by atoms with Gasteiger partial charge in [-0.2, -0.15) is 0 Å². The van der Waals surface area contributed by atoms with Crippen molar-refractivity contribution < 1.29 is 26.4 Å². The van der Waals surface area contributed by atoms with Gasteiger partial charge < -0.3 is 9.90 Å². The van der Waals surface area contributed by atoms with Crippen molar-refractivity contribution >= 4 is 6.47 Å². The monoisotopic (exact) mass is 103 g/mol. The summed E-state index contributed by atoms with van der Waals surface area (Å²) in [4.78, 5) is 8.25. The quantitative estimate of drug-likeness (QED) is 0.273. The molecule has 0 unspecified atom stereocenters. The van der Waals surface area contributed by atoms with Crippen molar-refractivity contribution in [3.8, 4) is 0 Å². The summed E-state index contributed by atoms with van der Waals surface area (Å²) in [5, 5.41) is 8.25. The van der Waals surface area contributed by atoms with Crippen molar-refractivity contribution in [3.63, 3.8) is 0 Å². The van der Waals surface area contributed by atoms with Gasteiger partial charge in [-0.15, -0.1) is 0 Å². The Bertz CT molecular complexity index is 13.5. The molecule has 0 spiro atoms. The van der Waals surface area contributed by atoms with Crippen LogP contribution in [-0.2, 0) is 21.3 Å². The fraction of sp³-hybridized carbons (Fsp3) is 0. The van der Waals surface area contributed by atoms with Gasteiger partial charge in [0.2, 0.25) is 0 Å². The molecule has 0 heterocycles. The first-order chi connectivity index (χ1) is 1.41. The Hall–Kier alpha value is -0.0365. The van der Waals surface area contributed by atoms with Crippen molar-refractivity contribution in [2.75, 3.05) is 0 Å². The Kier molecular flexibility index (Phi) is 27.8. The molecule has 0 aliphatic heterocycles. The van der Waals surface area contributed by atoms with Gasteiger partial charge >= 0.3 is 16.5 Å². The fourth-order valence-electron chi connectivity index (χ4n) is 0. The van der Waals surface area contributed by atoms with Crippen LogP contribution in [-0.4, -0.2) is 6.47 Å². The predicted molar refractivity (Wildman–Crippen MR) is 6.06 cm³/mol. The van der Waals surface area contributed by atoms with E-state index >= 15 is 0 Å². The smallest absolute Gasteiger partial charge is 0.554 e. The van der Waals surface area contributed by atoms with Crippen LogP contribution in [0.1, 0.15) is 0 Å². The first-order valence-corrected chi connectivity index (χ1v) is 0.471. The summed E-state index contributed by atoms with van der Waals surface area (Å²) < 4.78 is 0. The largest absolute Gasteiger partial charge is 2.00 e. The fourth-order valence-corrected chi connectivity index (χ4v) is 0. The normalized spacial score (nSPS) is 3.00. The van der Waals surface area contributed by atoms with Crippen LogP contribution in [0.4, 0.5) is 0 Å². The van der Waals surface area contributed by atoms with Gasteiger partial charge in [0, 0.05) is 6.47 Å². The van der Waals surface area contributed by atoms with E-state index in [1.54, 1.807) is 0 Å². The van der Waals surface area contributed by atoms with E-state index in [4.69, 9.17) is 9.90 Å². The van der Waals surface area contributed by atoms with Gasteiger partial charge in [0.25, 0.3) is 0 Å². The predicted octanol–water partition coefficient (Wildman–Crippen LogP) is -1.64. The molecule has 4 heavy (non-hydrogen) atoms. The van der Waals surface area contributed by atoms with E-state index in [2.05, 4.69) is 0 Å². The molecule has 0 saturated carbocycles. The van der Waals surface area contributed by atoms with Crippen LogP contribution in [0.2, 0.25) is 0 Å². The van der Waals surface area contributed by atoms with Crippen molar-refractivity contribution in [2.24, 2.45) is 0 Å². The zero-order valence-corrected chi connectivity index (χ0v) is 2.70. The minimum Gasteiger partial charge on any atom is -0.554 e. The van der Waals surface area contributed by atoms with E-state index in [1.807, 2.05) is 0 Å². The van der Waals surface area contributed by atoms with Gasteiger partial charge in [0.1, 0.15) is 0 Å². The zero-order chi connectivity index (χ0) is 2.71. The first-order valence-electron chi connectivity index (χ1n) is 0.471. The number of hydrogen-bond acceptors (Lipinski definition) is 2. The average Bonchev–Trinajstić information content (AvgIpc) is 0.918. The molecule has 0 radical (unpaired) electrons. The van der Waals surface area contributed by atoms with Gasteiger partial charge in [0.15, 0.2) is 0 Å². The second-order valence-corrected chi connectivity index (χ2v) is 0.0962. The van der Waals surface area contributed by atoms with Gasteiger partial charge in [-0.25, -0.2) is 0 Å². The first kappa shape index (κ1) is 9.03. The second-order valence-electron chi connectivity index (χ2n) is 0.0962. The van der Waals surface area contributed by atoms with Crippen LogP contribution in [0.5, 0.6) is 0 Å². The van der Waals surface area contributed by atoms with E-state index in [1.165, 1.54) is 0 Å². The van der Waals surface area contributed by atoms with Gasteiger partial charge in [-0.3, -0.25) is 0 Å². The third-order valence-corrected chi connectivity index (χ3v) is 0. The number of rotatable bonds is 0. The van der Waals surface area contributed by atoms with Crippen LogP contribution >= 0.6 is 0 Å². The maximum Gasteiger partial charge on any atom is 2.00 e. The number of carbonyl (C=O) groups excluding carboxylic acids is 1. The van der Waals surface area contributed by atoms with E-state index in [0.717, 1.165) is 0 Å². The molecular formula is CHNiO2+. The van der Waals surface area contributed by atoms with Crippen molar-refractivity contribution in [1.82, 2.24) is 0 Å². The Morgan fingerprint density at radius 2 is 1.75 bits per heavy atom. The minimum atomic E-state index is -0.500. The number of carboxylic acid groups (broad SMARTS) is 1. The molecule has 0 aliphatic carbocycles. The Labute approximate surface area is 33.7 Å². The third kappa shape index (κ3) is 1370. The number of hydrogen-bond donors (Lipinski definition) is 0. The second kappa shape index (κ2) is 12.3. The molecule has 0 N–H and O–H groups in total. The Morgan fingerprint density at radius 1 is 1.75 bits per heavy atom. The van der Waals surface area contributed by atoms with E-state index in [-0.39, 0.29) is 16.5 Å². The van der Waals surface area contributed by atoms with Crippen LogP contribution in [0.3, 0.4) is 0 Å². The average molecular weight is 104 g/mol. The summed E-state index contributed by atoms with van der Waals surface area (Å²) in [6.45, 7) is -0.500. The molecule has 0 aliphatic rings. The Morgan fingerprint density at radius 3 is 1.75 bits per heavy atom. The SMILES string of the molecule is O=C[O-].[Ni+2]. The molecule has 0 aromatic heterocycles. The maximum absolute atomic E-state index is 8.25.